The summed E-state index contributed by atoms with van der Waals surface area (Å²) in [4.78, 5) is 29.6. The molecule has 1 aliphatic heterocycles. The fourth-order valence-corrected chi connectivity index (χ4v) is 3.97. The molecule has 2 aliphatic rings. The van der Waals surface area contributed by atoms with Crippen molar-refractivity contribution in [1.82, 2.24) is 15.2 Å². The fourth-order valence-electron chi connectivity index (χ4n) is 3.97. The molecule has 0 aromatic carbocycles. The van der Waals surface area contributed by atoms with Gasteiger partial charge in [0, 0.05) is 31.4 Å². The number of hydrogen-bond donors (Lipinski definition) is 2. The first-order valence-corrected chi connectivity index (χ1v) is 9.75. The van der Waals surface area contributed by atoms with Gasteiger partial charge in [0.1, 0.15) is 12.2 Å². The third-order valence-electron chi connectivity index (χ3n) is 5.45. The number of hydrogen-bond acceptors (Lipinski definition) is 5. The van der Waals surface area contributed by atoms with Gasteiger partial charge in [-0.25, -0.2) is 9.78 Å². The Kier molecular flexibility index (Phi) is 6.34. The third kappa shape index (κ3) is 5.12. The van der Waals surface area contributed by atoms with Crippen LogP contribution in [0.2, 0.25) is 0 Å². The van der Waals surface area contributed by atoms with E-state index in [1.807, 2.05) is 13.0 Å². The number of ether oxygens (including phenoxy) is 1. The number of aliphatic carboxylic acids is 1. The van der Waals surface area contributed by atoms with Crippen LogP contribution in [0.1, 0.15) is 44.6 Å². The van der Waals surface area contributed by atoms with E-state index < -0.39 is 11.9 Å². The number of piperidine rings is 1. The number of nitrogens with one attached hydrogen (secondary N) is 1. The number of nitriles is 1. The Hall–Kier alpha value is -2.82. The van der Waals surface area contributed by atoms with Crippen molar-refractivity contribution in [3.05, 3.63) is 23.9 Å². The quantitative estimate of drug-likeness (QED) is 0.821. The number of pyridine rings is 1. The summed E-state index contributed by atoms with van der Waals surface area (Å²) in [6.07, 6.45) is 5.37. The molecule has 3 rings (SSSR count). The van der Waals surface area contributed by atoms with Crippen molar-refractivity contribution in [3.63, 3.8) is 0 Å². The first kappa shape index (κ1) is 19.9. The highest BCUT2D eigenvalue weighted by Crippen LogP contribution is 2.25. The summed E-state index contributed by atoms with van der Waals surface area (Å²) in [6, 6.07) is 5.30. The van der Waals surface area contributed by atoms with Crippen LogP contribution >= 0.6 is 0 Å². The minimum Gasteiger partial charge on any atom is -0.481 e. The number of carboxylic acids is 1. The van der Waals surface area contributed by atoms with Crippen molar-refractivity contribution in [2.24, 2.45) is 11.8 Å². The van der Waals surface area contributed by atoms with Crippen molar-refractivity contribution in [3.8, 4) is 11.9 Å². The summed E-state index contributed by atoms with van der Waals surface area (Å²) < 4.78 is 5.87. The molecule has 2 atom stereocenters. The minimum atomic E-state index is -0.835. The molecule has 2 N–H and O–H groups in total. The molecule has 0 spiro atoms. The molecule has 1 aromatic heterocycles. The van der Waals surface area contributed by atoms with E-state index >= 15 is 0 Å². The normalized spacial score (nSPS) is 27.5. The summed E-state index contributed by atoms with van der Waals surface area (Å²) in [5.74, 6) is -0.630. The summed E-state index contributed by atoms with van der Waals surface area (Å²) in [6.45, 7) is 2.85. The zero-order chi connectivity index (χ0) is 20.1. The number of aromatic nitrogens is 1. The smallest absolute Gasteiger partial charge is 0.317 e. The molecule has 2 amide bonds. The lowest BCUT2D eigenvalue weighted by Crippen LogP contribution is -2.52. The van der Waals surface area contributed by atoms with E-state index in [4.69, 9.17) is 10.00 Å². The maximum absolute atomic E-state index is 12.6. The highest BCUT2D eigenvalue weighted by atomic mass is 16.5. The Morgan fingerprint density at radius 3 is 2.64 bits per heavy atom. The molecule has 8 heteroatoms. The number of nitrogens with zero attached hydrogens (tertiary/aromatic N) is 3. The van der Waals surface area contributed by atoms with Crippen LogP contribution in [0.15, 0.2) is 18.3 Å². The van der Waals surface area contributed by atoms with E-state index in [1.54, 1.807) is 17.0 Å². The average molecular weight is 386 g/mol. The van der Waals surface area contributed by atoms with Gasteiger partial charge >= 0.3 is 12.0 Å². The second-order valence-electron chi connectivity index (χ2n) is 7.82. The number of urea groups is 1. The molecule has 2 fully saturated rings. The lowest BCUT2D eigenvalue weighted by Gasteiger charge is -2.36. The van der Waals surface area contributed by atoms with Gasteiger partial charge in [-0.1, -0.05) is 6.92 Å². The van der Waals surface area contributed by atoms with E-state index in [0.717, 1.165) is 25.7 Å². The molecule has 0 bridgehead atoms. The first-order chi connectivity index (χ1) is 13.4. The van der Waals surface area contributed by atoms with Crippen LogP contribution < -0.4 is 10.1 Å². The van der Waals surface area contributed by atoms with Crippen molar-refractivity contribution in [2.45, 2.75) is 51.2 Å². The summed E-state index contributed by atoms with van der Waals surface area (Å²) in [7, 11) is 0. The van der Waals surface area contributed by atoms with E-state index in [-0.39, 0.29) is 30.6 Å². The number of rotatable bonds is 4. The molecule has 8 nitrogen and oxygen atoms in total. The summed E-state index contributed by atoms with van der Waals surface area (Å²) >= 11 is 0. The molecule has 2 unspecified atom stereocenters. The molecule has 1 aliphatic carbocycles. The van der Waals surface area contributed by atoms with E-state index in [0.29, 0.717) is 24.4 Å². The van der Waals surface area contributed by atoms with Crippen molar-refractivity contribution < 1.29 is 19.4 Å². The Bertz CT molecular complexity index is 738. The van der Waals surface area contributed by atoms with Gasteiger partial charge in [0.2, 0.25) is 5.88 Å². The van der Waals surface area contributed by atoms with Crippen LogP contribution in [0.5, 0.6) is 5.88 Å². The molecule has 2 heterocycles. The van der Waals surface area contributed by atoms with Gasteiger partial charge < -0.3 is 20.1 Å². The van der Waals surface area contributed by atoms with Gasteiger partial charge in [0.05, 0.1) is 11.5 Å². The van der Waals surface area contributed by atoms with Crippen molar-refractivity contribution in [1.29, 1.82) is 5.26 Å². The van der Waals surface area contributed by atoms with Crippen LogP contribution in [0.4, 0.5) is 4.79 Å². The van der Waals surface area contributed by atoms with Gasteiger partial charge in [0.25, 0.3) is 0 Å². The van der Waals surface area contributed by atoms with E-state index in [2.05, 4.69) is 10.3 Å². The van der Waals surface area contributed by atoms with Crippen LogP contribution in [-0.2, 0) is 4.79 Å². The second kappa shape index (κ2) is 8.91. The van der Waals surface area contributed by atoms with Crippen LogP contribution in [0.3, 0.4) is 0 Å². The van der Waals surface area contributed by atoms with Crippen LogP contribution in [0.25, 0.3) is 0 Å². The van der Waals surface area contributed by atoms with Crippen molar-refractivity contribution >= 4 is 12.0 Å². The standard InChI is InChI=1S/C20H26N4O4/c1-13-8-15(19(25)26)12-24(11-13)20(27)23-16-3-5-17(6-4-16)28-18-7-2-14(9-21)10-22-18/h2,7,10,13,15-17H,3-6,8,11-12H2,1H3,(H,23,27)(H,25,26). The molecule has 1 saturated heterocycles. The molecule has 1 aromatic rings. The topological polar surface area (TPSA) is 116 Å². The monoisotopic (exact) mass is 386 g/mol. The van der Waals surface area contributed by atoms with E-state index in [9.17, 15) is 14.7 Å². The molecule has 1 saturated carbocycles. The maximum atomic E-state index is 12.6. The third-order valence-corrected chi connectivity index (χ3v) is 5.45. The van der Waals surface area contributed by atoms with Crippen LogP contribution in [0, 0.1) is 23.2 Å². The Balaban J connectivity index is 1.45. The highest BCUT2D eigenvalue weighted by molar-refractivity contribution is 5.76. The van der Waals surface area contributed by atoms with Gasteiger partial charge in [-0.2, -0.15) is 5.26 Å². The van der Waals surface area contributed by atoms with E-state index in [1.165, 1.54) is 6.20 Å². The van der Waals surface area contributed by atoms with Gasteiger partial charge in [0.15, 0.2) is 0 Å². The summed E-state index contributed by atoms with van der Waals surface area (Å²) in [5, 5.41) is 21.1. The fraction of sp³-hybridized carbons (Fsp3) is 0.600. The van der Waals surface area contributed by atoms with Gasteiger partial charge in [-0.3, -0.25) is 4.79 Å². The number of amides is 2. The molecule has 0 radical (unpaired) electrons. The summed E-state index contributed by atoms with van der Waals surface area (Å²) in [5.41, 5.74) is 0.496. The number of carbonyl (C=O) groups excluding carboxylic acids is 1. The molecular formula is C20H26N4O4. The van der Waals surface area contributed by atoms with Crippen LogP contribution in [-0.4, -0.2) is 52.2 Å². The average Bonchev–Trinajstić information content (AvgIpc) is 2.69. The number of likely N-dealkylation sites (tertiary alicyclic amines) is 1. The SMILES string of the molecule is CC1CC(C(=O)O)CN(C(=O)NC2CCC(Oc3ccc(C#N)cn3)CC2)C1. The lowest BCUT2D eigenvalue weighted by molar-refractivity contribution is -0.143. The predicted octanol–water partition coefficient (Wildman–Crippen LogP) is 2.40. The maximum Gasteiger partial charge on any atom is 0.317 e. The highest BCUT2D eigenvalue weighted by Gasteiger charge is 2.33. The largest absolute Gasteiger partial charge is 0.481 e. The van der Waals surface area contributed by atoms with Gasteiger partial charge in [-0.15, -0.1) is 0 Å². The first-order valence-electron chi connectivity index (χ1n) is 9.75. The Morgan fingerprint density at radius 1 is 1.29 bits per heavy atom. The zero-order valence-corrected chi connectivity index (χ0v) is 16.0. The number of carboxylic acid groups (broad SMARTS) is 1. The number of carbonyl (C=O) groups is 2. The minimum absolute atomic E-state index is 0.0417. The second-order valence-corrected chi connectivity index (χ2v) is 7.82. The molecular weight excluding hydrogens is 360 g/mol. The van der Waals surface area contributed by atoms with Crippen molar-refractivity contribution in [2.75, 3.05) is 13.1 Å². The predicted molar refractivity (Wildman–Crippen MR) is 101 cm³/mol. The Labute approximate surface area is 164 Å². The molecule has 28 heavy (non-hydrogen) atoms. The van der Waals surface area contributed by atoms with Gasteiger partial charge in [-0.05, 0) is 44.1 Å². The molecule has 150 valence electrons. The Morgan fingerprint density at radius 2 is 2.04 bits per heavy atom. The lowest BCUT2D eigenvalue weighted by atomic mass is 9.90. The zero-order valence-electron chi connectivity index (χ0n) is 16.0.